The molecule has 0 aromatic rings. The second-order valence-corrected chi connectivity index (χ2v) is 31.9. The maximum Gasteiger partial charge on any atom is 0.469 e. The van der Waals surface area contributed by atoms with Crippen LogP contribution in [-0.2, 0) is 42.5 Å². The molecule has 2 saturated heterocycles. The number of methoxy groups -OCH3 is 2. The Hall–Kier alpha value is -2.66. The molecule has 18 heteroatoms. The van der Waals surface area contributed by atoms with Crippen LogP contribution in [0.25, 0.3) is 0 Å². The summed E-state index contributed by atoms with van der Waals surface area (Å²) < 4.78 is 29.9. The highest BCUT2D eigenvalue weighted by Crippen LogP contribution is 2.78. The zero-order chi connectivity index (χ0) is 61.9. The van der Waals surface area contributed by atoms with Gasteiger partial charge in [0.1, 0.15) is 6.04 Å². The number of nitrogens with one attached hydrogen (secondary N) is 2. The highest BCUT2D eigenvalue weighted by atomic mass is 31.2. The second-order valence-electron chi connectivity index (χ2n) is 30.7. The van der Waals surface area contributed by atoms with E-state index in [2.05, 4.69) is 77.8 Å². The van der Waals surface area contributed by atoms with Gasteiger partial charge in [0.2, 0.25) is 29.5 Å². The third-order valence-electron chi connectivity index (χ3n) is 24.8. The number of hydrogen-bond acceptors (Lipinski definition) is 10. The Morgan fingerprint density at radius 1 is 0.783 bits per heavy atom. The van der Waals surface area contributed by atoms with Gasteiger partial charge in [0.15, 0.2) is 0 Å². The van der Waals surface area contributed by atoms with Crippen LogP contribution in [0.1, 0.15) is 200 Å². The monoisotopic (exact) mass is 1190 g/mol. The van der Waals surface area contributed by atoms with Crippen LogP contribution in [0.5, 0.6) is 0 Å². The molecule has 2 aliphatic heterocycles. The van der Waals surface area contributed by atoms with Gasteiger partial charge in [0.05, 0.1) is 54.2 Å². The van der Waals surface area contributed by atoms with Crippen molar-refractivity contribution in [2.75, 3.05) is 55.0 Å². The summed E-state index contributed by atoms with van der Waals surface area (Å²) in [6.07, 6.45) is 11.9. The Morgan fingerprint density at radius 3 is 2.04 bits per heavy atom. The minimum Gasteiger partial charge on any atom is -0.379 e. The van der Waals surface area contributed by atoms with Crippen LogP contribution in [0, 0.1) is 79.8 Å². The lowest BCUT2D eigenvalue weighted by molar-refractivity contribution is -0.249. The summed E-state index contributed by atoms with van der Waals surface area (Å²) in [5.41, 5.74) is -0.598. The van der Waals surface area contributed by atoms with E-state index < -0.39 is 50.2 Å². The van der Waals surface area contributed by atoms with E-state index in [9.17, 15) is 33.5 Å². The van der Waals surface area contributed by atoms with E-state index in [4.69, 9.17) is 14.0 Å². The van der Waals surface area contributed by atoms with Crippen LogP contribution in [0.4, 0.5) is 0 Å². The van der Waals surface area contributed by atoms with E-state index in [1.165, 1.54) is 0 Å². The van der Waals surface area contributed by atoms with E-state index in [-0.39, 0.29) is 92.4 Å². The third kappa shape index (κ3) is 12.3. The van der Waals surface area contributed by atoms with Crippen molar-refractivity contribution in [3.05, 3.63) is 0 Å². The molecule has 0 aromatic carbocycles. The molecule has 0 radical (unpaired) electrons. The predicted octanol–water partition coefficient (Wildman–Crippen LogP) is 9.71. The fraction of sp³-hybridized carbons (Fsp3) is 0.923. The first-order chi connectivity index (χ1) is 38.6. The number of fused-ring (bicyclic) bond motifs is 5. The highest BCUT2D eigenvalue weighted by molar-refractivity contribution is 7.46. The fourth-order valence-electron chi connectivity index (χ4n) is 20.2. The van der Waals surface area contributed by atoms with Gasteiger partial charge in [-0.05, 0) is 172 Å². The molecule has 7 fully saturated rings. The number of carbonyl (C=O) groups excluding carboxylic acids is 5. The van der Waals surface area contributed by atoms with Gasteiger partial charge in [-0.3, -0.25) is 33.4 Å². The lowest BCUT2D eigenvalue weighted by atomic mass is 9.31. The van der Waals surface area contributed by atoms with E-state index in [0.29, 0.717) is 62.1 Å². The summed E-state index contributed by atoms with van der Waals surface area (Å²) >= 11 is 0. The Kier molecular flexibility index (Phi) is 20.8. The van der Waals surface area contributed by atoms with Crippen molar-refractivity contribution in [2.45, 2.75) is 248 Å². The number of nitrogens with zero attached hydrogens (tertiary/aromatic N) is 4. The Labute approximate surface area is 500 Å². The molecule has 18 atom stereocenters. The molecule has 2 heterocycles. The van der Waals surface area contributed by atoms with Gasteiger partial charge in [0, 0.05) is 46.9 Å². The molecule has 17 nitrogen and oxygen atoms in total. The number of carbonyl (C=O) groups is 5. The maximum absolute atomic E-state index is 15.2. The van der Waals surface area contributed by atoms with Crippen LogP contribution in [-0.4, -0.2) is 162 Å². The van der Waals surface area contributed by atoms with Crippen molar-refractivity contribution in [3.8, 4) is 0 Å². The molecule has 2 bridgehead atoms. The molecule has 5 aliphatic carbocycles. The molecular weight excluding hydrogens is 1070 g/mol. The second kappa shape index (κ2) is 25.4. The van der Waals surface area contributed by atoms with Crippen LogP contribution >= 0.6 is 7.82 Å². The van der Waals surface area contributed by atoms with Crippen molar-refractivity contribution < 1.29 is 52.3 Å². The first kappa shape index (κ1) is 67.8. The first-order valence-electron chi connectivity index (χ1n) is 32.5. The van der Waals surface area contributed by atoms with E-state index in [0.717, 1.165) is 83.5 Å². The molecule has 7 aliphatic rings. The summed E-state index contributed by atoms with van der Waals surface area (Å²) in [5, 5.41) is 6.29. The minimum absolute atomic E-state index is 0.0222. The number of rotatable bonds is 24. The number of phosphoric ester groups is 1. The van der Waals surface area contributed by atoms with Gasteiger partial charge in [-0.25, -0.2) is 4.57 Å². The largest absolute Gasteiger partial charge is 0.469 e. The van der Waals surface area contributed by atoms with Gasteiger partial charge < -0.3 is 44.6 Å². The van der Waals surface area contributed by atoms with Gasteiger partial charge in [-0.1, -0.05) is 103 Å². The zero-order valence-corrected chi connectivity index (χ0v) is 55.9. The van der Waals surface area contributed by atoms with Crippen molar-refractivity contribution in [1.82, 2.24) is 30.2 Å². The molecule has 5 saturated carbocycles. The van der Waals surface area contributed by atoms with E-state index in [1.807, 2.05) is 58.5 Å². The lowest BCUT2D eigenvalue weighted by Crippen LogP contribution is -2.68. The lowest BCUT2D eigenvalue weighted by Gasteiger charge is -2.73. The normalized spacial score (nSPS) is 35.3. The quantitative estimate of drug-likeness (QED) is 0.0526. The van der Waals surface area contributed by atoms with Crippen molar-refractivity contribution in [1.29, 1.82) is 0 Å². The van der Waals surface area contributed by atoms with Gasteiger partial charge in [0.25, 0.3) is 0 Å². The first-order valence-corrected chi connectivity index (χ1v) is 34.0. The van der Waals surface area contributed by atoms with Crippen molar-refractivity contribution in [3.63, 3.8) is 0 Å². The molecular formula is C65H115N6O11P. The van der Waals surface area contributed by atoms with E-state index in [1.54, 1.807) is 26.2 Å². The molecule has 0 spiro atoms. The number of unbranched alkanes of at least 4 members (excludes halogenated alkanes) is 1. The molecule has 7 rings (SSSR count). The zero-order valence-electron chi connectivity index (χ0n) is 55.0. The number of hydrogen-bond donors (Lipinski definition) is 4. The van der Waals surface area contributed by atoms with Crippen LogP contribution in [0.15, 0.2) is 0 Å². The maximum atomic E-state index is 15.2. The smallest absolute Gasteiger partial charge is 0.379 e. The number of ether oxygens (including phenoxy) is 2. The number of likely N-dealkylation sites (tertiary alicyclic amines) is 2. The minimum atomic E-state index is -4.63. The summed E-state index contributed by atoms with van der Waals surface area (Å²) in [6.45, 7) is 32.3. The number of likely N-dealkylation sites (N-methyl/N-ethyl adjacent to an activating group) is 2. The third-order valence-corrected chi connectivity index (χ3v) is 25.3. The van der Waals surface area contributed by atoms with Gasteiger partial charge in [-0.15, -0.1) is 0 Å². The summed E-state index contributed by atoms with van der Waals surface area (Å²) in [7, 11) is 4.06. The van der Waals surface area contributed by atoms with Crippen LogP contribution in [0.3, 0.4) is 0 Å². The molecule has 83 heavy (non-hydrogen) atoms. The van der Waals surface area contributed by atoms with E-state index >= 15 is 4.79 Å². The van der Waals surface area contributed by atoms with Crippen molar-refractivity contribution >= 4 is 37.4 Å². The Morgan fingerprint density at radius 2 is 1.45 bits per heavy atom. The average molecular weight is 1190 g/mol. The predicted molar refractivity (Wildman–Crippen MR) is 324 cm³/mol. The Bertz CT molecular complexity index is 2370. The molecule has 476 valence electrons. The van der Waals surface area contributed by atoms with Crippen molar-refractivity contribution in [2.24, 2.45) is 79.8 Å². The fourth-order valence-corrected chi connectivity index (χ4v) is 20.9. The summed E-state index contributed by atoms with van der Waals surface area (Å²) in [5.74, 6) is 0.450. The highest BCUT2D eigenvalue weighted by Gasteiger charge is 2.75. The summed E-state index contributed by atoms with van der Waals surface area (Å²) in [4.78, 5) is 99.5. The number of amides is 5. The SMILES string of the molecule is CC[C@H](C)[C@@H]([C@@H](CC(=O)N1CCCC1[C@H](OC)[C@@H](C)C(=O)NCCCCN1C(=O)[C@]23CCC(C)(C)C1C2[C@H]1CCC2[C@@]4(C)CC[C@H](OP(=O)(O)O)C(C)(C)C4CC[C@@]2(C)[C@]1(C)CC3)OC)N(C)C(=O)[C@@H](NC(=O)[C@H](C(C)C)N(C)C)C(C)C. The summed E-state index contributed by atoms with van der Waals surface area (Å²) in [6, 6.07) is -1.81. The van der Waals surface area contributed by atoms with Crippen LogP contribution in [0.2, 0.25) is 0 Å². The topological polar surface area (TPSA) is 208 Å². The molecule has 0 aromatic heterocycles. The molecule has 4 N–H and O–H groups in total. The average Bonchev–Trinajstić information content (AvgIpc) is 3.58. The standard InChI is InChI=1S/C65H115N6O11P/c1-20-41(6)53(69(17)58(75)51(39(2)3)67-57(74)52(40(4)5)68(15)16)45(80-18)38-49(72)70-37-23-24-44(70)54(81-19)42(7)56(73)66-35-21-22-36-71-55-50-43-25-26-47-62(12)29-28-48(82-83(77,78)79)61(10,11)46(62)27-30-64(47,14)63(43,13)32-34-65(50,59(71)76)33-31-60(55,8)9/h39-48,50-55H,20-38H2,1-19H3,(H,66,73)(H,67,74)(H2,77,78,79)/t41-,42+,43+,44?,45+,46?,47?,48-,50?,51-,52-,53-,54+,55?,62-,63+,64+,65-/m0/s1. The Balaban J connectivity index is 0.968. The molecule has 5 unspecified atom stereocenters. The number of phosphoric acid groups is 1. The molecule has 5 amide bonds. The van der Waals surface area contributed by atoms with Gasteiger partial charge in [-0.2, -0.15) is 0 Å². The van der Waals surface area contributed by atoms with Crippen LogP contribution < -0.4 is 10.6 Å². The van der Waals surface area contributed by atoms with Gasteiger partial charge >= 0.3 is 7.82 Å².